The summed E-state index contributed by atoms with van der Waals surface area (Å²) in [6.45, 7) is 1.60. The second-order valence-electron chi connectivity index (χ2n) is 3.93. The number of carboxylic acid groups (broad SMARTS) is 2. The molecule has 98 valence electrons. The van der Waals surface area contributed by atoms with Gasteiger partial charge in [0, 0.05) is 11.5 Å². The lowest BCUT2D eigenvalue weighted by molar-refractivity contribution is -0.383. The van der Waals surface area contributed by atoms with Gasteiger partial charge in [0.1, 0.15) is 11.2 Å². The Morgan fingerprint density at radius 3 is 2.37 bits per heavy atom. The summed E-state index contributed by atoms with van der Waals surface area (Å²) in [7, 11) is 0. The third kappa shape index (κ3) is 1.88. The molecule has 8 heteroatoms. The van der Waals surface area contributed by atoms with E-state index in [1.54, 1.807) is 6.92 Å². The maximum atomic E-state index is 11.1. The molecular formula is C11H8N2O6. The Balaban J connectivity index is 3.01. The van der Waals surface area contributed by atoms with Gasteiger partial charge in [-0.2, -0.15) is 0 Å². The molecule has 0 bridgehead atoms. The number of non-ortho nitro benzene ring substituents is 1. The number of carboxylic acids is 1. The summed E-state index contributed by atoms with van der Waals surface area (Å²) in [5.74, 6) is -1.47. The molecule has 0 unspecified atom stereocenters. The van der Waals surface area contributed by atoms with Crippen LogP contribution in [0.5, 0.6) is 0 Å². The Morgan fingerprint density at radius 2 is 1.89 bits per heavy atom. The van der Waals surface area contributed by atoms with Crippen molar-refractivity contribution in [2.45, 2.75) is 6.92 Å². The van der Waals surface area contributed by atoms with Crippen molar-refractivity contribution in [3.63, 3.8) is 0 Å². The first-order chi connectivity index (χ1) is 8.82. The third-order valence-corrected chi connectivity index (χ3v) is 2.63. The normalized spacial score (nSPS) is 10.6. The zero-order chi connectivity index (χ0) is 14.3. The van der Waals surface area contributed by atoms with Gasteiger partial charge in [0.25, 0.3) is 5.69 Å². The number of hydrogen-bond acceptors (Lipinski definition) is 4. The number of benzene rings is 1. The van der Waals surface area contributed by atoms with Crippen LogP contribution in [0.3, 0.4) is 0 Å². The van der Waals surface area contributed by atoms with E-state index in [0.29, 0.717) is 10.1 Å². The number of carbonyl (C=O) groups is 2. The fraction of sp³-hybridized carbons (Fsp3) is 0.0909. The minimum absolute atomic E-state index is 0.200. The number of nitro groups is 1. The van der Waals surface area contributed by atoms with Gasteiger partial charge < -0.3 is 10.2 Å². The molecule has 0 radical (unpaired) electrons. The molecule has 1 aromatic carbocycles. The zero-order valence-corrected chi connectivity index (χ0v) is 9.65. The minimum Gasteiger partial charge on any atom is -0.477 e. The fourth-order valence-corrected chi connectivity index (χ4v) is 1.97. The van der Waals surface area contributed by atoms with Gasteiger partial charge in [-0.25, -0.2) is 14.2 Å². The van der Waals surface area contributed by atoms with Crippen LogP contribution in [0, 0.1) is 17.0 Å². The Bertz CT molecular complexity index is 730. The van der Waals surface area contributed by atoms with E-state index in [1.807, 2.05) is 0 Å². The van der Waals surface area contributed by atoms with E-state index in [4.69, 9.17) is 10.2 Å². The van der Waals surface area contributed by atoms with Gasteiger partial charge in [-0.1, -0.05) is 0 Å². The highest BCUT2D eigenvalue weighted by molar-refractivity contribution is 6.03. The van der Waals surface area contributed by atoms with Crippen molar-refractivity contribution >= 4 is 28.7 Å². The molecular weight excluding hydrogens is 256 g/mol. The van der Waals surface area contributed by atoms with Crippen LogP contribution >= 0.6 is 0 Å². The molecule has 0 aliphatic heterocycles. The first-order valence-electron chi connectivity index (χ1n) is 5.10. The van der Waals surface area contributed by atoms with E-state index < -0.39 is 28.4 Å². The first kappa shape index (κ1) is 12.6. The molecule has 0 saturated heterocycles. The van der Waals surface area contributed by atoms with Gasteiger partial charge >= 0.3 is 12.1 Å². The molecule has 0 spiro atoms. The molecule has 0 aliphatic carbocycles. The van der Waals surface area contributed by atoms with Gasteiger partial charge in [0.2, 0.25) is 0 Å². The van der Waals surface area contributed by atoms with Crippen molar-refractivity contribution in [2.24, 2.45) is 0 Å². The van der Waals surface area contributed by atoms with Gasteiger partial charge in [-0.15, -0.1) is 0 Å². The van der Waals surface area contributed by atoms with Crippen LogP contribution in [0.4, 0.5) is 10.5 Å². The van der Waals surface area contributed by atoms with E-state index in [0.717, 1.165) is 6.07 Å². The second-order valence-corrected chi connectivity index (χ2v) is 3.93. The van der Waals surface area contributed by atoms with Crippen molar-refractivity contribution in [2.75, 3.05) is 0 Å². The average molecular weight is 264 g/mol. The summed E-state index contributed by atoms with van der Waals surface area (Å²) >= 11 is 0. The maximum absolute atomic E-state index is 11.1. The number of aromatic nitrogens is 1. The monoisotopic (exact) mass is 264 g/mol. The zero-order valence-electron chi connectivity index (χ0n) is 9.65. The Hall–Kier alpha value is -2.90. The second kappa shape index (κ2) is 4.09. The van der Waals surface area contributed by atoms with Crippen LogP contribution in [-0.4, -0.2) is 31.8 Å². The summed E-state index contributed by atoms with van der Waals surface area (Å²) in [6, 6.07) is 3.80. The van der Waals surface area contributed by atoms with Crippen LogP contribution in [0.25, 0.3) is 10.9 Å². The molecule has 19 heavy (non-hydrogen) atoms. The standard InChI is InChI=1S/C11H8N2O6/c1-5-2-6-4-8(10(14)15)12(11(16)17)9(6)7(3-5)13(18)19/h2-4H,1H3,(H,14,15)(H,16,17). The molecule has 0 atom stereocenters. The van der Waals surface area contributed by atoms with Crippen LogP contribution in [-0.2, 0) is 0 Å². The Morgan fingerprint density at radius 1 is 1.26 bits per heavy atom. The molecule has 1 heterocycles. The third-order valence-electron chi connectivity index (χ3n) is 2.63. The summed E-state index contributed by atoms with van der Waals surface area (Å²) in [5.41, 5.74) is -0.666. The van der Waals surface area contributed by atoms with Gasteiger partial charge in [0.15, 0.2) is 0 Å². The summed E-state index contributed by atoms with van der Waals surface area (Å²) in [4.78, 5) is 32.4. The predicted molar refractivity (Wildman–Crippen MR) is 63.7 cm³/mol. The highest BCUT2D eigenvalue weighted by atomic mass is 16.6. The molecule has 0 aliphatic rings. The molecule has 1 aromatic heterocycles. The van der Waals surface area contributed by atoms with E-state index >= 15 is 0 Å². The topological polar surface area (TPSA) is 123 Å². The van der Waals surface area contributed by atoms with Crippen molar-refractivity contribution in [3.05, 3.63) is 39.6 Å². The lowest BCUT2D eigenvalue weighted by Gasteiger charge is -2.02. The number of aryl methyl sites for hydroxylation is 1. The van der Waals surface area contributed by atoms with Crippen molar-refractivity contribution in [3.8, 4) is 0 Å². The highest BCUT2D eigenvalue weighted by Gasteiger charge is 2.26. The van der Waals surface area contributed by atoms with Crippen LogP contribution in [0.15, 0.2) is 18.2 Å². The minimum atomic E-state index is -1.58. The average Bonchev–Trinajstić information content (AvgIpc) is 2.66. The predicted octanol–water partition coefficient (Wildman–Crippen LogP) is 2.08. The highest BCUT2D eigenvalue weighted by Crippen LogP contribution is 2.30. The molecule has 2 aromatic rings. The van der Waals surface area contributed by atoms with E-state index in [9.17, 15) is 19.7 Å². The molecule has 8 nitrogen and oxygen atoms in total. The van der Waals surface area contributed by atoms with E-state index in [2.05, 4.69) is 0 Å². The summed E-state index contributed by atoms with van der Waals surface area (Å²) < 4.78 is 0.412. The number of rotatable bonds is 2. The maximum Gasteiger partial charge on any atom is 0.416 e. The number of nitro benzene ring substituents is 1. The van der Waals surface area contributed by atoms with Crippen LogP contribution < -0.4 is 0 Å². The van der Waals surface area contributed by atoms with Gasteiger partial charge in [0.05, 0.1) is 4.92 Å². The summed E-state index contributed by atoms with van der Waals surface area (Å²) in [5, 5.41) is 29.2. The molecule has 0 amide bonds. The van der Waals surface area contributed by atoms with Crippen molar-refractivity contribution in [1.29, 1.82) is 0 Å². The summed E-state index contributed by atoms with van der Waals surface area (Å²) in [6.07, 6.45) is -1.58. The first-order valence-corrected chi connectivity index (χ1v) is 5.10. The lowest BCUT2D eigenvalue weighted by atomic mass is 10.1. The van der Waals surface area contributed by atoms with Crippen molar-refractivity contribution < 1.29 is 24.7 Å². The molecule has 0 fully saturated rings. The van der Waals surface area contributed by atoms with Crippen LogP contribution in [0.2, 0.25) is 0 Å². The van der Waals surface area contributed by atoms with Gasteiger partial charge in [-0.3, -0.25) is 10.1 Å². The van der Waals surface area contributed by atoms with E-state index in [-0.39, 0.29) is 10.9 Å². The number of hydrogen-bond donors (Lipinski definition) is 2. The van der Waals surface area contributed by atoms with Gasteiger partial charge in [-0.05, 0) is 24.6 Å². The Labute approximate surface area is 105 Å². The smallest absolute Gasteiger partial charge is 0.416 e. The van der Waals surface area contributed by atoms with E-state index in [1.165, 1.54) is 12.1 Å². The molecule has 0 saturated carbocycles. The quantitative estimate of drug-likeness (QED) is 0.632. The number of aromatic carboxylic acids is 1. The Kier molecular flexibility index (Phi) is 2.70. The van der Waals surface area contributed by atoms with Crippen LogP contribution in [0.1, 0.15) is 16.1 Å². The number of nitrogens with zero attached hydrogens (tertiary/aromatic N) is 2. The lowest BCUT2D eigenvalue weighted by Crippen LogP contribution is -2.15. The fourth-order valence-electron chi connectivity index (χ4n) is 1.97. The SMILES string of the molecule is Cc1cc([N+](=O)[O-])c2c(c1)cc(C(=O)O)n2C(=O)O. The largest absolute Gasteiger partial charge is 0.477 e. The van der Waals surface area contributed by atoms with Crippen molar-refractivity contribution in [1.82, 2.24) is 4.57 Å². The number of fused-ring (bicyclic) bond motifs is 1. The molecule has 2 rings (SSSR count). The molecule has 2 N–H and O–H groups in total.